The van der Waals surface area contributed by atoms with E-state index < -0.39 is 0 Å². The topological polar surface area (TPSA) is 59.6 Å². The molecule has 2 N–H and O–H groups in total. The first-order valence-electron chi connectivity index (χ1n) is 4.99. The Hall–Kier alpha value is -0.810. The molecule has 0 saturated carbocycles. The number of hydrogen-bond donors (Lipinski definition) is 2. The molecule has 0 bridgehead atoms. The lowest BCUT2D eigenvalue weighted by Gasteiger charge is -2.17. The maximum absolute atomic E-state index is 11.0. The molecule has 0 unspecified atom stereocenters. The molecule has 0 aromatic carbocycles. The smallest absolute Gasteiger partial charge is 0.314 e. The van der Waals surface area contributed by atoms with E-state index in [1.54, 1.807) is 0 Å². The third-order valence-corrected chi connectivity index (χ3v) is 1.47. The van der Waals surface area contributed by atoms with Crippen molar-refractivity contribution in [3.8, 4) is 0 Å². The van der Waals surface area contributed by atoms with Gasteiger partial charge in [-0.25, -0.2) is 4.79 Å². The maximum Gasteiger partial charge on any atom is 0.314 e. The van der Waals surface area contributed by atoms with Gasteiger partial charge in [-0.1, -0.05) is 0 Å². The van der Waals surface area contributed by atoms with Gasteiger partial charge in [0.05, 0.1) is 6.54 Å². The van der Waals surface area contributed by atoms with Gasteiger partial charge in [0.25, 0.3) is 0 Å². The van der Waals surface area contributed by atoms with Crippen LogP contribution in [0.15, 0.2) is 0 Å². The number of carbonyl (C=O) groups excluding carboxylic acids is 1. The Morgan fingerprint density at radius 1 is 1.14 bits per heavy atom. The Balaban J connectivity index is 3.63. The van der Waals surface area contributed by atoms with Crippen LogP contribution >= 0.6 is 0 Å². The molecule has 0 aromatic heterocycles. The van der Waals surface area contributed by atoms with Crippen molar-refractivity contribution < 1.29 is 14.3 Å². The lowest BCUT2D eigenvalue weighted by atomic mass is 10.6. The summed E-state index contributed by atoms with van der Waals surface area (Å²) in [6, 6.07) is -0.197. The number of hydrogen-bond acceptors (Lipinski definition) is 3. The van der Waals surface area contributed by atoms with Gasteiger partial charge >= 0.3 is 6.03 Å². The van der Waals surface area contributed by atoms with Crippen LogP contribution in [-0.4, -0.2) is 38.6 Å². The maximum atomic E-state index is 11.0. The summed E-state index contributed by atoms with van der Waals surface area (Å²) in [6.07, 6.45) is -0.354. The predicted octanol–water partition coefficient (Wildman–Crippen LogP) is 0.705. The quantitative estimate of drug-likeness (QED) is 0.600. The molecule has 0 aliphatic carbocycles. The number of rotatable bonds is 7. The van der Waals surface area contributed by atoms with Crippen LogP contribution in [-0.2, 0) is 9.47 Å². The van der Waals surface area contributed by atoms with Gasteiger partial charge in [0.1, 0.15) is 0 Å². The molecule has 84 valence electrons. The second-order valence-corrected chi connectivity index (χ2v) is 2.58. The van der Waals surface area contributed by atoms with Crippen molar-refractivity contribution >= 4 is 6.03 Å². The molecule has 0 aromatic rings. The summed E-state index contributed by atoms with van der Waals surface area (Å²) in [5.41, 5.74) is 0. The van der Waals surface area contributed by atoms with Crippen LogP contribution in [0.25, 0.3) is 0 Å². The Kier molecular flexibility index (Phi) is 8.27. The molecular formula is C9H20N2O3. The van der Waals surface area contributed by atoms with E-state index >= 15 is 0 Å². The van der Waals surface area contributed by atoms with Gasteiger partial charge < -0.3 is 20.1 Å². The normalized spacial score (nSPS) is 10.3. The van der Waals surface area contributed by atoms with Crippen LogP contribution in [0.5, 0.6) is 0 Å². The summed E-state index contributed by atoms with van der Waals surface area (Å²) in [6.45, 7) is 7.76. The van der Waals surface area contributed by atoms with Crippen molar-refractivity contribution in [3.05, 3.63) is 0 Å². The number of nitrogens with one attached hydrogen (secondary N) is 2. The largest absolute Gasteiger partial charge is 0.351 e. The molecule has 0 spiro atoms. The number of ether oxygens (including phenoxy) is 2. The summed E-state index contributed by atoms with van der Waals surface area (Å²) >= 11 is 0. The first-order valence-corrected chi connectivity index (χ1v) is 4.99. The standard InChI is InChI=1S/C9H20N2O3/c1-4-10-9(12)11-7-8(13-5-2)14-6-3/h8H,4-7H2,1-3H3,(H2,10,11,12). The average molecular weight is 204 g/mol. The van der Waals surface area contributed by atoms with Gasteiger partial charge in [0, 0.05) is 19.8 Å². The van der Waals surface area contributed by atoms with E-state index in [4.69, 9.17) is 9.47 Å². The van der Waals surface area contributed by atoms with Gasteiger partial charge in [-0.15, -0.1) is 0 Å². The molecule has 0 rings (SSSR count). The second-order valence-electron chi connectivity index (χ2n) is 2.58. The summed E-state index contributed by atoms with van der Waals surface area (Å²) in [5, 5.41) is 5.28. The van der Waals surface area contributed by atoms with Gasteiger partial charge in [-0.2, -0.15) is 0 Å². The average Bonchev–Trinajstić information content (AvgIpc) is 2.15. The minimum Gasteiger partial charge on any atom is -0.351 e. The van der Waals surface area contributed by atoms with Crippen LogP contribution in [0.4, 0.5) is 4.79 Å². The van der Waals surface area contributed by atoms with Crippen molar-refractivity contribution in [2.24, 2.45) is 0 Å². The highest BCUT2D eigenvalue weighted by Crippen LogP contribution is 1.92. The fraction of sp³-hybridized carbons (Fsp3) is 0.889. The lowest BCUT2D eigenvalue weighted by Crippen LogP contribution is -2.41. The van der Waals surface area contributed by atoms with Crippen molar-refractivity contribution in [3.63, 3.8) is 0 Å². The molecule has 0 radical (unpaired) electrons. The third kappa shape index (κ3) is 6.68. The molecular weight excluding hydrogens is 184 g/mol. The Labute approximate surface area is 85.1 Å². The van der Waals surface area contributed by atoms with Crippen LogP contribution in [0.2, 0.25) is 0 Å². The summed E-state index contributed by atoms with van der Waals surface area (Å²) in [7, 11) is 0. The third-order valence-electron chi connectivity index (χ3n) is 1.47. The number of amides is 2. The van der Waals surface area contributed by atoms with E-state index in [9.17, 15) is 4.79 Å². The molecule has 5 heteroatoms. The van der Waals surface area contributed by atoms with Crippen molar-refractivity contribution in [2.45, 2.75) is 27.1 Å². The minimum absolute atomic E-state index is 0.197. The van der Waals surface area contributed by atoms with E-state index in [-0.39, 0.29) is 12.3 Å². The van der Waals surface area contributed by atoms with Crippen molar-refractivity contribution in [1.82, 2.24) is 10.6 Å². The van der Waals surface area contributed by atoms with E-state index in [1.807, 2.05) is 20.8 Å². The van der Waals surface area contributed by atoms with E-state index in [2.05, 4.69) is 10.6 Å². The fourth-order valence-electron chi connectivity index (χ4n) is 0.937. The molecule has 0 fully saturated rings. The van der Waals surface area contributed by atoms with Gasteiger partial charge in [0.15, 0.2) is 6.29 Å². The van der Waals surface area contributed by atoms with E-state index in [1.165, 1.54) is 0 Å². The Morgan fingerprint density at radius 3 is 2.14 bits per heavy atom. The van der Waals surface area contributed by atoms with Gasteiger partial charge in [-0.05, 0) is 20.8 Å². The number of urea groups is 1. The molecule has 0 saturated heterocycles. The van der Waals surface area contributed by atoms with Crippen molar-refractivity contribution in [2.75, 3.05) is 26.3 Å². The van der Waals surface area contributed by atoms with Crippen LogP contribution < -0.4 is 10.6 Å². The minimum atomic E-state index is -0.354. The molecule has 5 nitrogen and oxygen atoms in total. The van der Waals surface area contributed by atoms with E-state index in [0.717, 1.165) is 0 Å². The first kappa shape index (κ1) is 13.2. The zero-order valence-electron chi connectivity index (χ0n) is 9.13. The van der Waals surface area contributed by atoms with Gasteiger partial charge in [-0.3, -0.25) is 0 Å². The first-order chi connectivity index (χ1) is 6.74. The zero-order valence-corrected chi connectivity index (χ0v) is 9.13. The lowest BCUT2D eigenvalue weighted by molar-refractivity contribution is -0.131. The summed E-state index contributed by atoms with van der Waals surface area (Å²) < 4.78 is 10.5. The summed E-state index contributed by atoms with van der Waals surface area (Å²) in [5.74, 6) is 0. The van der Waals surface area contributed by atoms with E-state index in [0.29, 0.717) is 26.3 Å². The molecule has 2 amide bonds. The SMILES string of the molecule is CCNC(=O)NCC(OCC)OCC. The Bertz CT molecular complexity index is 147. The molecule has 0 heterocycles. The zero-order chi connectivity index (χ0) is 10.8. The van der Waals surface area contributed by atoms with Gasteiger partial charge in [0.2, 0.25) is 0 Å². The highest BCUT2D eigenvalue weighted by molar-refractivity contribution is 5.73. The monoisotopic (exact) mass is 204 g/mol. The highest BCUT2D eigenvalue weighted by Gasteiger charge is 2.08. The van der Waals surface area contributed by atoms with Crippen LogP contribution in [0.1, 0.15) is 20.8 Å². The van der Waals surface area contributed by atoms with Crippen LogP contribution in [0.3, 0.4) is 0 Å². The molecule has 0 aliphatic heterocycles. The van der Waals surface area contributed by atoms with Crippen molar-refractivity contribution in [1.29, 1.82) is 0 Å². The summed E-state index contributed by atoms with van der Waals surface area (Å²) in [4.78, 5) is 11.0. The molecule has 0 atom stereocenters. The molecule has 0 aliphatic rings. The number of carbonyl (C=O) groups is 1. The highest BCUT2D eigenvalue weighted by atomic mass is 16.7. The fourth-order valence-corrected chi connectivity index (χ4v) is 0.937. The molecule has 14 heavy (non-hydrogen) atoms. The van der Waals surface area contributed by atoms with Crippen LogP contribution in [0, 0.1) is 0 Å². The predicted molar refractivity (Wildman–Crippen MR) is 54.1 cm³/mol. The second kappa shape index (κ2) is 8.77. The Morgan fingerprint density at radius 2 is 1.71 bits per heavy atom.